The van der Waals surface area contributed by atoms with E-state index in [1.807, 2.05) is 37.7 Å². The summed E-state index contributed by atoms with van der Waals surface area (Å²) in [6.45, 7) is 12.0. The smallest absolute Gasteiger partial charge is 0.408 e. The normalized spacial score (nSPS) is 17.3. The van der Waals surface area contributed by atoms with Crippen LogP contribution >= 0.6 is 0 Å². The SMILES string of the molecule is CCC(C)C(NC(=O)OC(C)(C)C)C(=O)N1CCN(C(=O)CCN(C)C)CC1. The van der Waals surface area contributed by atoms with Gasteiger partial charge in [0.15, 0.2) is 0 Å². The van der Waals surface area contributed by atoms with E-state index in [0.29, 0.717) is 39.1 Å². The van der Waals surface area contributed by atoms with Gasteiger partial charge in [-0.25, -0.2) is 4.79 Å². The van der Waals surface area contributed by atoms with E-state index in [2.05, 4.69) is 5.32 Å². The molecule has 0 saturated carbocycles. The molecule has 8 heteroatoms. The number of ether oxygens (including phenoxy) is 1. The third kappa shape index (κ3) is 8.04. The van der Waals surface area contributed by atoms with Crippen molar-refractivity contribution in [1.82, 2.24) is 20.0 Å². The van der Waals surface area contributed by atoms with Crippen LogP contribution in [0.15, 0.2) is 0 Å². The molecule has 28 heavy (non-hydrogen) atoms. The van der Waals surface area contributed by atoms with Gasteiger partial charge in [-0.15, -0.1) is 0 Å². The molecule has 0 bridgehead atoms. The molecule has 1 saturated heterocycles. The summed E-state index contributed by atoms with van der Waals surface area (Å²) in [6, 6.07) is -0.629. The Morgan fingerprint density at radius 2 is 1.61 bits per heavy atom. The van der Waals surface area contributed by atoms with Crippen molar-refractivity contribution in [3.63, 3.8) is 0 Å². The van der Waals surface area contributed by atoms with E-state index in [-0.39, 0.29) is 17.7 Å². The van der Waals surface area contributed by atoms with E-state index >= 15 is 0 Å². The molecule has 162 valence electrons. The fraction of sp³-hybridized carbons (Fsp3) is 0.850. The fourth-order valence-corrected chi connectivity index (χ4v) is 2.97. The standard InChI is InChI=1S/C20H38N4O4/c1-8-15(2)17(21-19(27)28-20(3,4)5)18(26)24-13-11-23(12-14-24)16(25)9-10-22(6)7/h15,17H,8-14H2,1-7H3,(H,21,27). The molecule has 1 N–H and O–H groups in total. The lowest BCUT2D eigenvalue weighted by Gasteiger charge is -2.37. The molecule has 1 heterocycles. The number of amides is 3. The summed E-state index contributed by atoms with van der Waals surface area (Å²) in [5.74, 6) is -0.00785. The summed E-state index contributed by atoms with van der Waals surface area (Å²) >= 11 is 0. The number of piperazine rings is 1. The van der Waals surface area contributed by atoms with Crippen molar-refractivity contribution in [2.75, 3.05) is 46.8 Å². The largest absolute Gasteiger partial charge is 0.444 e. The molecule has 0 spiro atoms. The van der Waals surface area contributed by atoms with Gasteiger partial charge in [-0.05, 0) is 40.8 Å². The maximum absolute atomic E-state index is 13.0. The molecule has 0 aromatic carbocycles. The second-order valence-electron chi connectivity index (χ2n) is 8.77. The van der Waals surface area contributed by atoms with Gasteiger partial charge < -0.3 is 24.8 Å². The van der Waals surface area contributed by atoms with Crippen LogP contribution in [0.1, 0.15) is 47.5 Å². The summed E-state index contributed by atoms with van der Waals surface area (Å²) in [6.07, 6.45) is 0.662. The molecule has 0 radical (unpaired) electrons. The van der Waals surface area contributed by atoms with Crippen LogP contribution in [0.2, 0.25) is 0 Å². The fourth-order valence-electron chi connectivity index (χ4n) is 2.97. The van der Waals surface area contributed by atoms with Crippen molar-refractivity contribution in [3.8, 4) is 0 Å². The first-order valence-electron chi connectivity index (χ1n) is 10.2. The Labute approximate surface area is 169 Å². The molecule has 0 aromatic heterocycles. The predicted molar refractivity (Wildman–Crippen MR) is 109 cm³/mol. The number of carbonyl (C=O) groups excluding carboxylic acids is 3. The van der Waals surface area contributed by atoms with Crippen LogP contribution < -0.4 is 5.32 Å². The van der Waals surface area contributed by atoms with Crippen molar-refractivity contribution >= 4 is 17.9 Å². The monoisotopic (exact) mass is 398 g/mol. The molecule has 1 rings (SSSR count). The third-order valence-corrected chi connectivity index (χ3v) is 4.87. The Bertz CT molecular complexity index is 537. The van der Waals surface area contributed by atoms with Gasteiger partial charge in [0.2, 0.25) is 11.8 Å². The van der Waals surface area contributed by atoms with E-state index in [4.69, 9.17) is 4.74 Å². The van der Waals surface area contributed by atoms with Gasteiger partial charge in [0.1, 0.15) is 11.6 Å². The van der Waals surface area contributed by atoms with Gasteiger partial charge in [0.25, 0.3) is 0 Å². The van der Waals surface area contributed by atoms with Gasteiger partial charge in [-0.2, -0.15) is 0 Å². The quantitative estimate of drug-likeness (QED) is 0.704. The van der Waals surface area contributed by atoms with Gasteiger partial charge in [-0.3, -0.25) is 9.59 Å². The number of alkyl carbamates (subject to hydrolysis) is 1. The topological polar surface area (TPSA) is 82.2 Å². The lowest BCUT2D eigenvalue weighted by Crippen LogP contribution is -2.57. The molecular formula is C20H38N4O4. The summed E-state index contributed by atoms with van der Waals surface area (Å²) in [7, 11) is 3.88. The van der Waals surface area contributed by atoms with Crippen molar-refractivity contribution < 1.29 is 19.1 Å². The molecule has 1 fully saturated rings. The molecule has 2 atom stereocenters. The van der Waals surface area contributed by atoms with Crippen molar-refractivity contribution in [2.45, 2.75) is 59.1 Å². The first-order valence-corrected chi connectivity index (χ1v) is 10.2. The minimum absolute atomic E-state index is 0.0141. The van der Waals surface area contributed by atoms with Gasteiger partial charge in [-0.1, -0.05) is 20.3 Å². The van der Waals surface area contributed by atoms with Gasteiger partial charge in [0, 0.05) is 39.1 Å². The lowest BCUT2D eigenvalue weighted by atomic mass is 9.97. The Hall–Kier alpha value is -1.83. The van der Waals surface area contributed by atoms with Crippen molar-refractivity contribution in [2.24, 2.45) is 5.92 Å². The Balaban J connectivity index is 2.65. The van der Waals surface area contributed by atoms with Crippen LogP contribution in [-0.4, -0.2) is 91.1 Å². The summed E-state index contributed by atoms with van der Waals surface area (Å²) in [5, 5.41) is 2.75. The zero-order valence-corrected chi connectivity index (χ0v) is 18.6. The minimum Gasteiger partial charge on any atom is -0.444 e. The van der Waals surface area contributed by atoms with Crippen LogP contribution in [0, 0.1) is 5.92 Å². The maximum atomic E-state index is 13.0. The molecule has 0 aromatic rings. The highest BCUT2D eigenvalue weighted by molar-refractivity contribution is 5.86. The number of nitrogens with one attached hydrogen (secondary N) is 1. The van der Waals surface area contributed by atoms with Crippen LogP contribution in [0.25, 0.3) is 0 Å². The average Bonchev–Trinajstić information content (AvgIpc) is 2.61. The van der Waals surface area contributed by atoms with E-state index < -0.39 is 17.7 Å². The molecule has 1 aliphatic rings. The third-order valence-electron chi connectivity index (χ3n) is 4.87. The second-order valence-corrected chi connectivity index (χ2v) is 8.77. The van der Waals surface area contributed by atoms with Gasteiger partial charge in [0.05, 0.1) is 0 Å². The molecule has 8 nitrogen and oxygen atoms in total. The van der Waals surface area contributed by atoms with Crippen molar-refractivity contribution in [1.29, 1.82) is 0 Å². The summed E-state index contributed by atoms with van der Waals surface area (Å²) in [5.41, 5.74) is -0.619. The highest BCUT2D eigenvalue weighted by Crippen LogP contribution is 2.15. The number of nitrogens with zero attached hydrogens (tertiary/aromatic N) is 3. The van der Waals surface area contributed by atoms with E-state index in [1.165, 1.54) is 0 Å². The van der Waals surface area contributed by atoms with E-state index in [0.717, 1.165) is 6.42 Å². The first kappa shape index (κ1) is 24.2. The Kier molecular flexibility index (Phi) is 9.20. The minimum atomic E-state index is -0.629. The number of carbonyl (C=O) groups is 3. The number of rotatable bonds is 7. The zero-order chi connectivity index (χ0) is 21.5. The molecular weight excluding hydrogens is 360 g/mol. The Morgan fingerprint density at radius 1 is 1.07 bits per heavy atom. The predicted octanol–water partition coefficient (Wildman–Crippen LogP) is 1.55. The summed E-state index contributed by atoms with van der Waals surface area (Å²) < 4.78 is 5.32. The number of hydrogen-bond acceptors (Lipinski definition) is 5. The van der Waals surface area contributed by atoms with E-state index in [9.17, 15) is 14.4 Å². The van der Waals surface area contributed by atoms with Crippen LogP contribution in [0.3, 0.4) is 0 Å². The van der Waals surface area contributed by atoms with Crippen LogP contribution in [0.5, 0.6) is 0 Å². The van der Waals surface area contributed by atoms with Gasteiger partial charge >= 0.3 is 6.09 Å². The first-order chi connectivity index (χ1) is 12.9. The lowest BCUT2D eigenvalue weighted by molar-refractivity contribution is -0.141. The zero-order valence-electron chi connectivity index (χ0n) is 18.6. The number of hydrogen-bond donors (Lipinski definition) is 1. The molecule has 0 aliphatic carbocycles. The Morgan fingerprint density at radius 3 is 2.07 bits per heavy atom. The molecule has 3 amide bonds. The van der Waals surface area contributed by atoms with E-state index in [1.54, 1.807) is 25.7 Å². The van der Waals surface area contributed by atoms with Crippen molar-refractivity contribution in [3.05, 3.63) is 0 Å². The highest BCUT2D eigenvalue weighted by Gasteiger charge is 2.33. The average molecular weight is 399 g/mol. The summed E-state index contributed by atoms with van der Waals surface area (Å²) in [4.78, 5) is 43.0. The highest BCUT2D eigenvalue weighted by atomic mass is 16.6. The van der Waals surface area contributed by atoms with Crippen LogP contribution in [0.4, 0.5) is 4.79 Å². The second kappa shape index (κ2) is 10.6. The maximum Gasteiger partial charge on any atom is 0.408 e. The van der Waals surface area contributed by atoms with Crippen LogP contribution in [-0.2, 0) is 14.3 Å². The molecule has 1 aliphatic heterocycles. The molecule has 2 unspecified atom stereocenters.